The third-order valence-corrected chi connectivity index (χ3v) is 7.18. The molecule has 10 nitrogen and oxygen atoms in total. The molecular formula is C31H40F2N6O4. The molecule has 0 unspecified atom stereocenters. The van der Waals surface area contributed by atoms with Crippen molar-refractivity contribution >= 4 is 17.6 Å². The third kappa shape index (κ3) is 8.59. The Bertz CT molecular complexity index is 1380. The Hall–Kier alpha value is -3.87. The Balaban J connectivity index is 1.44. The van der Waals surface area contributed by atoms with Gasteiger partial charge in [-0.1, -0.05) is 31.2 Å². The molecule has 2 aromatic carbocycles. The summed E-state index contributed by atoms with van der Waals surface area (Å²) in [6, 6.07) is 11.8. The van der Waals surface area contributed by atoms with Crippen molar-refractivity contribution in [2.24, 2.45) is 0 Å². The molecule has 43 heavy (non-hydrogen) atoms. The van der Waals surface area contributed by atoms with Crippen LogP contribution in [-0.2, 0) is 9.63 Å². The number of urea groups is 1. The number of amides is 2. The van der Waals surface area contributed by atoms with Crippen molar-refractivity contribution in [3.8, 4) is 11.6 Å². The summed E-state index contributed by atoms with van der Waals surface area (Å²) in [6.45, 7) is 5.77. The standard InChI is InChI=1S/C31H40F2N6O4/c1-5-38-20-27(28(43-38)22-15-16-25(32)26(33)19-22)34-31(41)35-29-21(2)30(36-39(29)23-11-7-6-8-12-23)42-18-10-14-24(40)13-9-17-37(3)4/h6-8,11-12,15-16,19,27-28H,5,9-10,13-14,17-18,20H2,1-4H3,(H2,34,35,41)/t27-,28+/m1/s1. The summed E-state index contributed by atoms with van der Waals surface area (Å²) < 4.78 is 35.1. The predicted molar refractivity (Wildman–Crippen MR) is 159 cm³/mol. The fourth-order valence-corrected chi connectivity index (χ4v) is 4.88. The summed E-state index contributed by atoms with van der Waals surface area (Å²) in [7, 11) is 3.97. The Morgan fingerprint density at radius 2 is 1.84 bits per heavy atom. The van der Waals surface area contributed by atoms with E-state index in [4.69, 9.17) is 9.57 Å². The van der Waals surface area contributed by atoms with Crippen molar-refractivity contribution in [2.45, 2.75) is 51.7 Å². The summed E-state index contributed by atoms with van der Waals surface area (Å²) in [5.74, 6) is -0.974. The van der Waals surface area contributed by atoms with Crippen LogP contribution in [0.1, 0.15) is 49.8 Å². The van der Waals surface area contributed by atoms with Crippen LogP contribution in [0.15, 0.2) is 48.5 Å². The molecule has 0 radical (unpaired) electrons. The zero-order chi connectivity index (χ0) is 30.9. The van der Waals surface area contributed by atoms with E-state index in [1.807, 2.05) is 51.4 Å². The Labute approximate surface area is 250 Å². The van der Waals surface area contributed by atoms with Crippen molar-refractivity contribution in [2.75, 3.05) is 45.7 Å². The van der Waals surface area contributed by atoms with Crippen LogP contribution < -0.4 is 15.4 Å². The second kappa shape index (κ2) is 15.0. The normalized spacial score (nSPS) is 16.9. The highest BCUT2D eigenvalue weighted by atomic mass is 19.2. The van der Waals surface area contributed by atoms with Gasteiger partial charge in [0.05, 0.1) is 23.9 Å². The first-order valence-electron chi connectivity index (χ1n) is 14.5. The van der Waals surface area contributed by atoms with E-state index in [2.05, 4.69) is 20.6 Å². The van der Waals surface area contributed by atoms with E-state index in [0.717, 1.165) is 25.1 Å². The lowest BCUT2D eigenvalue weighted by Gasteiger charge is -2.19. The number of nitrogens with one attached hydrogen (secondary N) is 2. The minimum atomic E-state index is -0.983. The molecule has 3 aromatic rings. The number of ether oxygens (including phenoxy) is 1. The lowest BCUT2D eigenvalue weighted by atomic mass is 10.0. The number of aromatic nitrogens is 2. The molecule has 2 amide bonds. The van der Waals surface area contributed by atoms with Gasteiger partial charge in [-0.25, -0.2) is 18.3 Å². The first kappa shape index (κ1) is 32.1. The number of hydrogen-bond donors (Lipinski definition) is 2. The van der Waals surface area contributed by atoms with E-state index >= 15 is 0 Å². The van der Waals surface area contributed by atoms with Gasteiger partial charge >= 0.3 is 6.03 Å². The molecule has 1 saturated heterocycles. The number of ketones is 1. The van der Waals surface area contributed by atoms with Crippen LogP contribution >= 0.6 is 0 Å². The maximum absolute atomic E-state index is 14.0. The molecule has 1 aromatic heterocycles. The van der Waals surface area contributed by atoms with Crippen LogP contribution in [-0.4, -0.2) is 77.9 Å². The van der Waals surface area contributed by atoms with Crippen molar-refractivity contribution < 1.29 is 27.9 Å². The fraction of sp³-hybridized carbons (Fsp3) is 0.452. The zero-order valence-corrected chi connectivity index (χ0v) is 25.1. The third-order valence-electron chi connectivity index (χ3n) is 7.18. The minimum absolute atomic E-state index is 0.204. The zero-order valence-electron chi connectivity index (χ0n) is 25.1. The summed E-state index contributed by atoms with van der Waals surface area (Å²) in [5, 5.41) is 12.1. The summed E-state index contributed by atoms with van der Waals surface area (Å²) in [6.07, 6.45) is 1.65. The van der Waals surface area contributed by atoms with Gasteiger partial charge in [-0.05, 0) is 70.2 Å². The summed E-state index contributed by atoms with van der Waals surface area (Å²) in [4.78, 5) is 33.5. The molecule has 2 N–H and O–H groups in total. The number of hydroxylamine groups is 2. The van der Waals surface area contributed by atoms with E-state index in [-0.39, 0.29) is 5.78 Å². The molecule has 1 fully saturated rings. The van der Waals surface area contributed by atoms with Crippen LogP contribution in [0.25, 0.3) is 5.69 Å². The summed E-state index contributed by atoms with van der Waals surface area (Å²) >= 11 is 0. The van der Waals surface area contributed by atoms with Gasteiger partial charge in [0.25, 0.3) is 0 Å². The van der Waals surface area contributed by atoms with Crippen molar-refractivity contribution in [3.63, 3.8) is 0 Å². The van der Waals surface area contributed by atoms with E-state index in [1.165, 1.54) is 6.07 Å². The summed E-state index contributed by atoms with van der Waals surface area (Å²) in [5.41, 5.74) is 1.75. The largest absolute Gasteiger partial charge is 0.476 e. The second-order valence-electron chi connectivity index (χ2n) is 10.8. The minimum Gasteiger partial charge on any atom is -0.476 e. The van der Waals surface area contributed by atoms with E-state index in [0.29, 0.717) is 67.5 Å². The molecule has 12 heteroatoms. The first-order chi connectivity index (χ1) is 20.7. The van der Waals surface area contributed by atoms with Gasteiger partial charge in [-0.3, -0.25) is 14.9 Å². The monoisotopic (exact) mass is 598 g/mol. The van der Waals surface area contributed by atoms with E-state index < -0.39 is 29.8 Å². The van der Waals surface area contributed by atoms with Crippen LogP contribution in [0.4, 0.5) is 19.4 Å². The van der Waals surface area contributed by atoms with Crippen molar-refractivity contribution in [1.29, 1.82) is 0 Å². The number of rotatable bonds is 14. The molecule has 2 atom stereocenters. The smallest absolute Gasteiger partial charge is 0.320 e. The topological polar surface area (TPSA) is 101 Å². The van der Waals surface area contributed by atoms with Gasteiger partial charge in [-0.15, -0.1) is 5.10 Å². The second-order valence-corrected chi connectivity index (χ2v) is 10.8. The molecule has 1 aliphatic rings. The number of para-hydroxylation sites is 1. The number of carbonyl (C=O) groups excluding carboxylic acids is 2. The average molecular weight is 599 g/mol. The number of anilines is 1. The molecule has 0 saturated carbocycles. The maximum atomic E-state index is 14.0. The van der Waals surface area contributed by atoms with Gasteiger partial charge in [0.1, 0.15) is 17.7 Å². The van der Waals surface area contributed by atoms with Gasteiger partial charge in [0.15, 0.2) is 11.6 Å². The first-order valence-corrected chi connectivity index (χ1v) is 14.5. The number of halogens is 2. The van der Waals surface area contributed by atoms with Crippen LogP contribution in [0.2, 0.25) is 0 Å². The number of likely N-dealkylation sites (N-methyl/N-ethyl adjacent to an activating group) is 1. The highest BCUT2D eigenvalue weighted by Crippen LogP contribution is 2.31. The van der Waals surface area contributed by atoms with Gasteiger partial charge < -0.3 is 15.0 Å². The highest BCUT2D eigenvalue weighted by molar-refractivity contribution is 5.90. The van der Waals surface area contributed by atoms with Crippen molar-refractivity contribution in [1.82, 2.24) is 25.1 Å². The number of hydrogen-bond acceptors (Lipinski definition) is 7. The van der Waals surface area contributed by atoms with Crippen LogP contribution in [0.5, 0.6) is 5.88 Å². The van der Waals surface area contributed by atoms with Crippen LogP contribution in [0.3, 0.4) is 0 Å². The molecule has 2 heterocycles. The SMILES string of the molecule is CCN1C[C@@H](NC(=O)Nc2c(C)c(OCCCC(=O)CCCN(C)C)nn2-c2ccccc2)[C@H](c2ccc(F)c(F)c2)O1. The van der Waals surface area contributed by atoms with Gasteiger partial charge in [0.2, 0.25) is 5.88 Å². The average Bonchev–Trinajstić information content (AvgIpc) is 3.53. The van der Waals surface area contributed by atoms with Crippen molar-refractivity contribution in [3.05, 3.63) is 71.3 Å². The Kier molecular flexibility index (Phi) is 11.2. The molecular weight excluding hydrogens is 558 g/mol. The Morgan fingerprint density at radius 3 is 2.53 bits per heavy atom. The fourth-order valence-electron chi connectivity index (χ4n) is 4.88. The molecule has 0 spiro atoms. The molecule has 0 bridgehead atoms. The molecule has 232 valence electrons. The number of benzene rings is 2. The van der Waals surface area contributed by atoms with E-state index in [9.17, 15) is 18.4 Å². The number of carbonyl (C=O) groups is 2. The van der Waals surface area contributed by atoms with Gasteiger partial charge in [-0.2, -0.15) is 5.06 Å². The molecule has 0 aliphatic carbocycles. The predicted octanol–water partition coefficient (Wildman–Crippen LogP) is 5.03. The lowest BCUT2D eigenvalue weighted by molar-refractivity contribution is -0.144. The van der Waals surface area contributed by atoms with Crippen LogP contribution in [0, 0.1) is 18.6 Å². The number of nitrogens with zero attached hydrogens (tertiary/aromatic N) is 4. The molecule has 1 aliphatic heterocycles. The molecule has 4 rings (SSSR count). The van der Waals surface area contributed by atoms with Gasteiger partial charge in [0, 0.05) is 25.9 Å². The highest BCUT2D eigenvalue weighted by Gasteiger charge is 2.36. The maximum Gasteiger partial charge on any atom is 0.320 e. The quantitative estimate of drug-likeness (QED) is 0.251. The van der Waals surface area contributed by atoms with E-state index in [1.54, 1.807) is 16.7 Å². The Morgan fingerprint density at radius 1 is 1.09 bits per heavy atom. The number of Topliss-reactive ketones (excluding diaryl/α,β-unsaturated/α-hetero) is 1. The lowest BCUT2D eigenvalue weighted by Crippen LogP contribution is -2.42.